The van der Waals surface area contributed by atoms with E-state index in [1.165, 1.54) is 0 Å². The van der Waals surface area contributed by atoms with Crippen LogP contribution < -0.4 is 10.1 Å². The molecule has 2 N–H and O–H groups in total. The zero-order valence-electron chi connectivity index (χ0n) is 13.6. The van der Waals surface area contributed by atoms with Gasteiger partial charge in [0.05, 0.1) is 6.10 Å². The second-order valence-corrected chi connectivity index (χ2v) is 6.85. The van der Waals surface area contributed by atoms with E-state index in [2.05, 4.69) is 10.3 Å². The van der Waals surface area contributed by atoms with Gasteiger partial charge in [0.15, 0.2) is 0 Å². The van der Waals surface area contributed by atoms with Gasteiger partial charge in [-0.1, -0.05) is 12.5 Å². The highest BCUT2D eigenvalue weighted by atomic mass is 16.5. The Morgan fingerprint density at radius 3 is 2.75 bits per heavy atom. The van der Waals surface area contributed by atoms with Crippen molar-refractivity contribution in [1.82, 2.24) is 4.98 Å². The van der Waals surface area contributed by atoms with Crippen molar-refractivity contribution >= 4 is 22.5 Å². The van der Waals surface area contributed by atoms with E-state index in [1.807, 2.05) is 24.3 Å². The van der Waals surface area contributed by atoms with Crippen molar-refractivity contribution in [2.45, 2.75) is 50.7 Å². The third kappa shape index (κ3) is 3.36. The maximum absolute atomic E-state index is 11.8. The molecule has 2 saturated carbocycles. The van der Waals surface area contributed by atoms with Gasteiger partial charge in [-0.15, -0.1) is 0 Å². The number of nitrogens with zero attached hydrogens (tertiary/aromatic N) is 1. The molecule has 24 heavy (non-hydrogen) atoms. The molecule has 2 aromatic rings. The van der Waals surface area contributed by atoms with Crippen LogP contribution in [0.1, 0.15) is 38.5 Å². The topological polar surface area (TPSA) is 71.5 Å². The highest BCUT2D eigenvalue weighted by Crippen LogP contribution is 2.31. The smallest absolute Gasteiger partial charge is 0.228 e. The predicted molar refractivity (Wildman–Crippen MR) is 92.0 cm³/mol. The standard InChI is InChI=1S/C19H22N2O3/c22-16-3-1-2-4-17(16)24-15-8-7-13-10-18(20-11-14(13)9-15)21-19(23)12-5-6-12/h7-12,16-17,22H,1-6H2,(H,20,21,23)/t16?,17-/m0/s1. The van der Waals surface area contributed by atoms with E-state index < -0.39 is 0 Å². The molecule has 4 rings (SSSR count). The third-order valence-corrected chi connectivity index (χ3v) is 4.85. The molecule has 1 aromatic heterocycles. The van der Waals surface area contributed by atoms with Gasteiger partial charge in [0.2, 0.25) is 5.91 Å². The monoisotopic (exact) mass is 326 g/mol. The van der Waals surface area contributed by atoms with Crippen molar-refractivity contribution < 1.29 is 14.6 Å². The Bertz CT molecular complexity index is 757. The first-order valence-electron chi connectivity index (χ1n) is 8.74. The summed E-state index contributed by atoms with van der Waals surface area (Å²) in [6, 6.07) is 7.70. The van der Waals surface area contributed by atoms with Gasteiger partial charge in [-0.3, -0.25) is 4.79 Å². The quantitative estimate of drug-likeness (QED) is 0.904. The Hall–Kier alpha value is -2.14. The van der Waals surface area contributed by atoms with Gasteiger partial charge in [-0.05, 0) is 55.7 Å². The van der Waals surface area contributed by atoms with Gasteiger partial charge in [0, 0.05) is 17.5 Å². The fourth-order valence-electron chi connectivity index (χ4n) is 3.22. The van der Waals surface area contributed by atoms with Gasteiger partial charge >= 0.3 is 0 Å². The lowest BCUT2D eigenvalue weighted by Crippen LogP contribution is -2.34. The molecule has 1 amide bonds. The number of aromatic nitrogens is 1. The number of amides is 1. The van der Waals surface area contributed by atoms with Crippen LogP contribution in [0, 0.1) is 5.92 Å². The summed E-state index contributed by atoms with van der Waals surface area (Å²) in [5.41, 5.74) is 0. The second-order valence-electron chi connectivity index (χ2n) is 6.85. The highest BCUT2D eigenvalue weighted by Gasteiger charge is 2.29. The fourth-order valence-corrected chi connectivity index (χ4v) is 3.22. The maximum Gasteiger partial charge on any atom is 0.228 e. The van der Waals surface area contributed by atoms with Crippen LogP contribution in [0.25, 0.3) is 10.8 Å². The number of hydrogen-bond donors (Lipinski definition) is 2. The first-order chi connectivity index (χ1) is 11.7. The Labute approximate surface area is 141 Å². The van der Waals surface area contributed by atoms with Gasteiger partial charge in [0.25, 0.3) is 0 Å². The van der Waals surface area contributed by atoms with E-state index in [-0.39, 0.29) is 24.0 Å². The molecule has 5 heteroatoms. The average Bonchev–Trinajstić information content (AvgIpc) is 3.42. The number of pyridine rings is 1. The molecular formula is C19H22N2O3. The lowest BCUT2D eigenvalue weighted by molar-refractivity contribution is -0.117. The summed E-state index contributed by atoms with van der Waals surface area (Å²) in [7, 11) is 0. The zero-order valence-corrected chi connectivity index (χ0v) is 13.6. The predicted octanol–water partition coefficient (Wildman–Crippen LogP) is 3.27. The molecule has 2 atom stereocenters. The number of aliphatic hydroxyl groups is 1. The minimum atomic E-state index is -0.382. The number of ether oxygens (including phenoxy) is 1. The summed E-state index contributed by atoms with van der Waals surface area (Å²) >= 11 is 0. The van der Waals surface area contributed by atoms with Crippen LogP contribution in [0.2, 0.25) is 0 Å². The summed E-state index contributed by atoms with van der Waals surface area (Å²) in [5.74, 6) is 1.58. The number of rotatable bonds is 4. The van der Waals surface area contributed by atoms with Crippen molar-refractivity contribution in [1.29, 1.82) is 0 Å². The molecule has 0 bridgehead atoms. The SMILES string of the molecule is O=C(Nc1cc2ccc(O[C@H]3CCCCC3O)cc2cn1)C1CC1. The summed E-state index contributed by atoms with van der Waals surface area (Å²) < 4.78 is 5.96. The summed E-state index contributed by atoms with van der Waals surface area (Å²) in [4.78, 5) is 16.1. The molecule has 126 valence electrons. The molecule has 0 saturated heterocycles. The molecule has 5 nitrogen and oxygen atoms in total. The van der Waals surface area contributed by atoms with Gasteiger partial charge in [-0.25, -0.2) is 4.98 Å². The first-order valence-corrected chi connectivity index (χ1v) is 8.74. The van der Waals surface area contributed by atoms with Crippen molar-refractivity contribution in [3.8, 4) is 5.75 Å². The Balaban J connectivity index is 1.49. The second kappa shape index (κ2) is 6.40. The molecule has 1 aromatic carbocycles. The Morgan fingerprint density at radius 1 is 1.12 bits per heavy atom. The first kappa shape index (κ1) is 15.4. The van der Waals surface area contributed by atoms with E-state index in [9.17, 15) is 9.90 Å². The summed E-state index contributed by atoms with van der Waals surface area (Å²) in [6.07, 6.45) is 7.07. The van der Waals surface area contributed by atoms with Crippen LogP contribution in [0.5, 0.6) is 5.75 Å². The van der Waals surface area contributed by atoms with Crippen molar-refractivity contribution in [3.63, 3.8) is 0 Å². The van der Waals surface area contributed by atoms with Crippen molar-refractivity contribution in [2.24, 2.45) is 5.92 Å². The lowest BCUT2D eigenvalue weighted by Gasteiger charge is -2.28. The normalized spacial score (nSPS) is 23.9. The van der Waals surface area contributed by atoms with Crippen LogP contribution in [0.3, 0.4) is 0 Å². The number of hydrogen-bond acceptors (Lipinski definition) is 4. The molecular weight excluding hydrogens is 304 g/mol. The van der Waals surface area contributed by atoms with E-state index >= 15 is 0 Å². The number of anilines is 1. The average molecular weight is 326 g/mol. The molecule has 2 aliphatic carbocycles. The van der Waals surface area contributed by atoms with Crippen LogP contribution in [-0.2, 0) is 4.79 Å². The van der Waals surface area contributed by atoms with Crippen LogP contribution >= 0.6 is 0 Å². The zero-order chi connectivity index (χ0) is 16.5. The van der Waals surface area contributed by atoms with E-state index in [1.54, 1.807) is 6.20 Å². The van der Waals surface area contributed by atoms with E-state index in [0.717, 1.165) is 55.0 Å². The highest BCUT2D eigenvalue weighted by molar-refractivity contribution is 5.95. The molecule has 0 radical (unpaired) electrons. The number of nitrogens with one attached hydrogen (secondary N) is 1. The number of aliphatic hydroxyl groups excluding tert-OH is 1. The molecule has 0 spiro atoms. The number of carbonyl (C=O) groups excluding carboxylic acids is 1. The minimum Gasteiger partial charge on any atom is -0.488 e. The largest absolute Gasteiger partial charge is 0.488 e. The summed E-state index contributed by atoms with van der Waals surface area (Å²) in [5, 5.41) is 14.9. The van der Waals surface area contributed by atoms with Crippen molar-refractivity contribution in [3.05, 3.63) is 30.5 Å². The van der Waals surface area contributed by atoms with Crippen LogP contribution in [-0.4, -0.2) is 28.2 Å². The lowest BCUT2D eigenvalue weighted by atomic mass is 9.95. The molecule has 2 fully saturated rings. The molecule has 0 aliphatic heterocycles. The Kier molecular flexibility index (Phi) is 4.10. The molecule has 1 heterocycles. The molecule has 1 unspecified atom stereocenters. The van der Waals surface area contributed by atoms with Gasteiger partial charge in [0.1, 0.15) is 17.7 Å². The number of benzene rings is 1. The van der Waals surface area contributed by atoms with Gasteiger partial charge in [-0.2, -0.15) is 0 Å². The maximum atomic E-state index is 11.8. The van der Waals surface area contributed by atoms with Crippen LogP contribution in [0.4, 0.5) is 5.82 Å². The number of fused-ring (bicyclic) bond motifs is 1. The minimum absolute atomic E-state index is 0.0630. The Morgan fingerprint density at radius 2 is 1.96 bits per heavy atom. The number of carbonyl (C=O) groups is 1. The van der Waals surface area contributed by atoms with E-state index in [4.69, 9.17) is 4.74 Å². The van der Waals surface area contributed by atoms with Crippen LogP contribution in [0.15, 0.2) is 30.5 Å². The van der Waals surface area contributed by atoms with Gasteiger partial charge < -0.3 is 15.2 Å². The van der Waals surface area contributed by atoms with E-state index in [0.29, 0.717) is 5.82 Å². The molecule has 2 aliphatic rings. The van der Waals surface area contributed by atoms with Crippen molar-refractivity contribution in [2.75, 3.05) is 5.32 Å². The fraction of sp³-hybridized carbons (Fsp3) is 0.474. The third-order valence-electron chi connectivity index (χ3n) is 4.85. The summed E-state index contributed by atoms with van der Waals surface area (Å²) in [6.45, 7) is 0.